The van der Waals surface area contributed by atoms with E-state index >= 15 is 0 Å². The van der Waals surface area contributed by atoms with Gasteiger partial charge in [0.25, 0.3) is 0 Å². The van der Waals surface area contributed by atoms with Crippen molar-refractivity contribution >= 4 is 12.6 Å². The van der Waals surface area contributed by atoms with Crippen LogP contribution in [0.4, 0.5) is 0 Å². The van der Waals surface area contributed by atoms with Crippen LogP contribution in [-0.2, 0) is 6.54 Å². The number of hydrogen-bond acceptors (Lipinski definition) is 2. The first-order valence-corrected chi connectivity index (χ1v) is 4.56. The van der Waals surface area contributed by atoms with E-state index in [0.29, 0.717) is 0 Å². The molecule has 0 aliphatic carbocycles. The van der Waals surface area contributed by atoms with E-state index in [4.69, 9.17) is 0 Å². The van der Waals surface area contributed by atoms with Crippen molar-refractivity contribution in [3.8, 4) is 0 Å². The molecule has 1 heterocycles. The number of aryl methyl sites for hydroxylation is 2. The van der Waals surface area contributed by atoms with E-state index in [1.54, 1.807) is 0 Å². The van der Waals surface area contributed by atoms with Crippen molar-refractivity contribution in [3.05, 3.63) is 17.7 Å². The highest BCUT2D eigenvalue weighted by molar-refractivity contribution is 7.81. The highest BCUT2D eigenvalue weighted by Gasteiger charge is 2.14. The fraction of sp³-hybridized carbons (Fsp3) is 0.667. The van der Waals surface area contributed by atoms with Crippen LogP contribution in [-0.4, -0.2) is 14.3 Å². The third-order valence-electron chi connectivity index (χ3n) is 1.80. The number of hydrogen-bond donors (Lipinski definition) is 1. The first-order chi connectivity index (χ1) is 5.40. The molecule has 3 heteroatoms. The molecule has 0 amide bonds. The van der Waals surface area contributed by atoms with E-state index < -0.39 is 0 Å². The minimum atomic E-state index is 0.0240. The molecular weight excluding hydrogens is 168 g/mol. The van der Waals surface area contributed by atoms with Crippen LogP contribution in [0, 0.1) is 13.8 Å². The molecule has 1 aromatic heterocycles. The number of nitrogens with zero attached hydrogens (tertiary/aromatic N) is 2. The predicted octanol–water partition coefficient (Wildman–Crippen LogP) is 2.21. The molecule has 12 heavy (non-hydrogen) atoms. The fourth-order valence-electron chi connectivity index (χ4n) is 1.21. The largest absolute Gasteiger partial charge is 0.331 e. The summed E-state index contributed by atoms with van der Waals surface area (Å²) in [5, 5.41) is 0. The maximum Gasteiger partial charge on any atom is 0.105 e. The molecule has 0 N–H and O–H groups in total. The third kappa shape index (κ3) is 2.27. The van der Waals surface area contributed by atoms with Gasteiger partial charge in [-0.25, -0.2) is 4.98 Å². The van der Waals surface area contributed by atoms with Crippen LogP contribution in [0.25, 0.3) is 0 Å². The first kappa shape index (κ1) is 9.65. The Morgan fingerprint density at radius 3 is 2.42 bits per heavy atom. The van der Waals surface area contributed by atoms with Gasteiger partial charge in [0, 0.05) is 23.2 Å². The molecule has 0 aromatic carbocycles. The van der Waals surface area contributed by atoms with Crippen molar-refractivity contribution in [2.24, 2.45) is 0 Å². The lowest BCUT2D eigenvalue weighted by molar-refractivity contribution is 0.550. The van der Waals surface area contributed by atoms with Crippen molar-refractivity contribution in [2.75, 3.05) is 0 Å². The molecule has 0 bridgehead atoms. The Balaban J connectivity index is 2.88. The summed E-state index contributed by atoms with van der Waals surface area (Å²) >= 11 is 4.49. The zero-order valence-electron chi connectivity index (χ0n) is 8.13. The topological polar surface area (TPSA) is 17.8 Å². The lowest BCUT2D eigenvalue weighted by Gasteiger charge is -2.20. The number of imidazole rings is 1. The number of rotatable bonds is 2. The Hall–Kier alpha value is -0.440. The van der Waals surface area contributed by atoms with Crippen LogP contribution in [0.1, 0.15) is 25.4 Å². The fourth-order valence-corrected chi connectivity index (χ4v) is 1.35. The molecule has 1 aromatic rings. The molecule has 0 aliphatic heterocycles. The smallest absolute Gasteiger partial charge is 0.105 e. The summed E-state index contributed by atoms with van der Waals surface area (Å²) in [5.41, 5.74) is 1.20. The Bertz CT molecular complexity index is 251. The van der Waals surface area contributed by atoms with E-state index in [9.17, 15) is 0 Å². The van der Waals surface area contributed by atoms with E-state index in [2.05, 4.69) is 43.0 Å². The number of thiol groups is 1. The molecule has 1 rings (SSSR count). The van der Waals surface area contributed by atoms with Crippen LogP contribution >= 0.6 is 12.6 Å². The second kappa shape index (κ2) is 3.13. The van der Waals surface area contributed by atoms with Gasteiger partial charge in [0.2, 0.25) is 0 Å². The zero-order chi connectivity index (χ0) is 9.35. The molecule has 2 nitrogen and oxygen atoms in total. The Morgan fingerprint density at radius 1 is 1.50 bits per heavy atom. The van der Waals surface area contributed by atoms with Crippen molar-refractivity contribution in [3.63, 3.8) is 0 Å². The van der Waals surface area contributed by atoms with Crippen molar-refractivity contribution < 1.29 is 0 Å². The lowest BCUT2D eigenvalue weighted by Crippen LogP contribution is -2.21. The van der Waals surface area contributed by atoms with Gasteiger partial charge in [0.15, 0.2) is 0 Å². The van der Waals surface area contributed by atoms with Gasteiger partial charge in [-0.2, -0.15) is 12.6 Å². The molecule has 0 fully saturated rings. The second-order valence-corrected chi connectivity index (χ2v) is 5.06. The van der Waals surface area contributed by atoms with Gasteiger partial charge in [-0.3, -0.25) is 0 Å². The summed E-state index contributed by atoms with van der Waals surface area (Å²) in [4.78, 5) is 4.23. The van der Waals surface area contributed by atoms with Crippen molar-refractivity contribution in [2.45, 2.75) is 39.0 Å². The summed E-state index contributed by atoms with van der Waals surface area (Å²) in [6, 6.07) is 0. The highest BCUT2D eigenvalue weighted by Crippen LogP contribution is 2.17. The van der Waals surface area contributed by atoms with E-state index in [0.717, 1.165) is 12.4 Å². The summed E-state index contributed by atoms with van der Waals surface area (Å²) in [5.74, 6) is 1.06. The molecule has 0 unspecified atom stereocenters. The maximum absolute atomic E-state index is 4.49. The van der Waals surface area contributed by atoms with Crippen LogP contribution in [0.15, 0.2) is 6.20 Å². The quantitative estimate of drug-likeness (QED) is 0.698. The van der Waals surface area contributed by atoms with Crippen LogP contribution in [0.3, 0.4) is 0 Å². The van der Waals surface area contributed by atoms with E-state index in [1.165, 1.54) is 5.69 Å². The van der Waals surface area contributed by atoms with Crippen molar-refractivity contribution in [1.29, 1.82) is 0 Å². The Labute approximate surface area is 79.4 Å². The van der Waals surface area contributed by atoms with Gasteiger partial charge >= 0.3 is 0 Å². The standard InChI is InChI=1S/C9H16N2S/c1-7-5-10-8(2)11(7)6-9(3,4)12/h5,12H,6H2,1-4H3. The summed E-state index contributed by atoms with van der Waals surface area (Å²) in [6.07, 6.45) is 1.90. The summed E-state index contributed by atoms with van der Waals surface area (Å²) in [7, 11) is 0. The monoisotopic (exact) mass is 184 g/mol. The Morgan fingerprint density at radius 2 is 2.08 bits per heavy atom. The van der Waals surface area contributed by atoms with Gasteiger partial charge in [0.05, 0.1) is 0 Å². The molecule has 0 saturated carbocycles. The van der Waals surface area contributed by atoms with Gasteiger partial charge < -0.3 is 4.57 Å². The molecule has 0 radical (unpaired) electrons. The molecule has 68 valence electrons. The maximum atomic E-state index is 4.49. The van der Waals surface area contributed by atoms with Gasteiger partial charge in [-0.15, -0.1) is 0 Å². The zero-order valence-corrected chi connectivity index (χ0v) is 9.02. The van der Waals surface area contributed by atoms with Crippen molar-refractivity contribution in [1.82, 2.24) is 9.55 Å². The third-order valence-corrected chi connectivity index (χ3v) is 1.94. The van der Waals surface area contributed by atoms with Crippen LogP contribution in [0.2, 0.25) is 0 Å². The molecule has 0 aliphatic rings. The number of aromatic nitrogens is 2. The molecule has 0 spiro atoms. The normalized spacial score (nSPS) is 12.1. The second-order valence-electron chi connectivity index (χ2n) is 3.85. The van der Waals surface area contributed by atoms with E-state index in [1.807, 2.05) is 13.1 Å². The first-order valence-electron chi connectivity index (χ1n) is 4.11. The van der Waals surface area contributed by atoms with Crippen LogP contribution in [0.5, 0.6) is 0 Å². The van der Waals surface area contributed by atoms with Gasteiger partial charge in [-0.1, -0.05) is 0 Å². The molecule has 0 atom stereocenters. The molecular formula is C9H16N2S. The van der Waals surface area contributed by atoms with E-state index in [-0.39, 0.29) is 4.75 Å². The average Bonchev–Trinajstić information content (AvgIpc) is 2.16. The average molecular weight is 184 g/mol. The lowest BCUT2D eigenvalue weighted by atomic mass is 10.2. The minimum absolute atomic E-state index is 0.0240. The Kier molecular flexibility index (Phi) is 2.52. The van der Waals surface area contributed by atoms with Crippen LogP contribution < -0.4 is 0 Å². The summed E-state index contributed by atoms with van der Waals surface area (Å²) in [6.45, 7) is 9.21. The van der Waals surface area contributed by atoms with Gasteiger partial charge in [-0.05, 0) is 27.7 Å². The predicted molar refractivity (Wildman–Crippen MR) is 54.8 cm³/mol. The SMILES string of the molecule is Cc1cnc(C)n1CC(C)(C)S. The highest BCUT2D eigenvalue weighted by atomic mass is 32.1. The summed E-state index contributed by atoms with van der Waals surface area (Å²) < 4.78 is 2.21. The van der Waals surface area contributed by atoms with Gasteiger partial charge in [0.1, 0.15) is 5.82 Å². The minimum Gasteiger partial charge on any atom is -0.331 e. The molecule has 0 saturated heterocycles.